The van der Waals surface area contributed by atoms with Crippen molar-refractivity contribution >= 4 is 23.5 Å². The smallest absolute Gasteiger partial charge is 0.320 e. The molecule has 8 nitrogen and oxygen atoms in total. The van der Waals surface area contributed by atoms with Crippen LogP contribution < -0.4 is 20.4 Å². The van der Waals surface area contributed by atoms with E-state index in [1.165, 1.54) is 0 Å². The fourth-order valence-electron chi connectivity index (χ4n) is 2.68. The molecule has 0 aromatic carbocycles. The van der Waals surface area contributed by atoms with E-state index in [4.69, 9.17) is 0 Å². The maximum Gasteiger partial charge on any atom is 0.320 e. The number of carbonyl (C=O) groups is 1. The number of anilines is 3. The van der Waals surface area contributed by atoms with Gasteiger partial charge in [-0.25, -0.2) is 19.7 Å². The SMILES string of the molecule is CC(C)NC(=O)Nc1ccc(N2CCN(c3ncccn3)CC2)cn1. The van der Waals surface area contributed by atoms with E-state index >= 15 is 0 Å². The minimum Gasteiger partial charge on any atom is -0.367 e. The Bertz CT molecular complexity index is 682. The van der Waals surface area contributed by atoms with Crippen molar-refractivity contribution in [1.29, 1.82) is 0 Å². The molecule has 0 atom stereocenters. The summed E-state index contributed by atoms with van der Waals surface area (Å²) in [5.41, 5.74) is 1.04. The molecule has 1 aliphatic rings. The minimum atomic E-state index is -0.244. The van der Waals surface area contributed by atoms with Gasteiger partial charge in [-0.15, -0.1) is 0 Å². The maximum absolute atomic E-state index is 11.7. The summed E-state index contributed by atoms with van der Waals surface area (Å²) in [4.78, 5) is 29.1. The van der Waals surface area contributed by atoms with Gasteiger partial charge >= 0.3 is 6.03 Å². The molecule has 3 rings (SSSR count). The van der Waals surface area contributed by atoms with Crippen LogP contribution in [0.5, 0.6) is 0 Å². The van der Waals surface area contributed by atoms with Gasteiger partial charge in [-0.3, -0.25) is 5.32 Å². The Morgan fingerprint density at radius 3 is 2.32 bits per heavy atom. The van der Waals surface area contributed by atoms with Crippen LogP contribution in [0.15, 0.2) is 36.8 Å². The first-order chi connectivity index (χ1) is 12.1. The average Bonchev–Trinajstić information content (AvgIpc) is 2.62. The maximum atomic E-state index is 11.7. The largest absolute Gasteiger partial charge is 0.367 e. The van der Waals surface area contributed by atoms with Crippen molar-refractivity contribution in [2.45, 2.75) is 19.9 Å². The van der Waals surface area contributed by atoms with Crippen LogP contribution in [0.25, 0.3) is 0 Å². The predicted octanol–water partition coefficient (Wildman–Crippen LogP) is 1.73. The van der Waals surface area contributed by atoms with Crippen LogP contribution in [0.2, 0.25) is 0 Å². The lowest BCUT2D eigenvalue weighted by Crippen LogP contribution is -2.47. The van der Waals surface area contributed by atoms with Gasteiger partial charge in [-0.2, -0.15) is 0 Å². The molecule has 0 bridgehead atoms. The predicted molar refractivity (Wildman–Crippen MR) is 98.0 cm³/mol. The summed E-state index contributed by atoms with van der Waals surface area (Å²) in [6.45, 7) is 7.30. The number of amides is 2. The number of nitrogens with zero attached hydrogens (tertiary/aromatic N) is 5. The van der Waals surface area contributed by atoms with Crippen LogP contribution in [0.4, 0.5) is 22.2 Å². The molecular formula is C17H23N7O. The molecule has 2 N–H and O–H groups in total. The number of pyridine rings is 1. The molecule has 25 heavy (non-hydrogen) atoms. The number of hydrogen-bond acceptors (Lipinski definition) is 6. The number of urea groups is 1. The van der Waals surface area contributed by atoms with Crippen molar-refractivity contribution in [2.75, 3.05) is 41.3 Å². The first kappa shape index (κ1) is 16.9. The molecule has 2 aromatic heterocycles. The first-order valence-corrected chi connectivity index (χ1v) is 8.42. The summed E-state index contributed by atoms with van der Waals surface area (Å²) in [6, 6.07) is 5.47. The summed E-state index contributed by atoms with van der Waals surface area (Å²) < 4.78 is 0. The molecule has 0 aliphatic carbocycles. The molecular weight excluding hydrogens is 318 g/mol. The molecule has 0 saturated carbocycles. The van der Waals surface area contributed by atoms with E-state index in [0.717, 1.165) is 37.8 Å². The van der Waals surface area contributed by atoms with Crippen molar-refractivity contribution in [3.63, 3.8) is 0 Å². The number of aromatic nitrogens is 3. The monoisotopic (exact) mass is 341 g/mol. The van der Waals surface area contributed by atoms with Crippen LogP contribution in [0.3, 0.4) is 0 Å². The fraction of sp³-hybridized carbons (Fsp3) is 0.412. The van der Waals surface area contributed by atoms with Gasteiger partial charge in [0.25, 0.3) is 0 Å². The number of carbonyl (C=O) groups excluding carboxylic acids is 1. The fourth-order valence-corrected chi connectivity index (χ4v) is 2.68. The molecule has 2 amide bonds. The Morgan fingerprint density at radius 1 is 1.04 bits per heavy atom. The van der Waals surface area contributed by atoms with Crippen molar-refractivity contribution < 1.29 is 4.79 Å². The summed E-state index contributed by atoms with van der Waals surface area (Å²) in [5, 5.41) is 5.50. The van der Waals surface area contributed by atoms with Crippen molar-refractivity contribution in [3.8, 4) is 0 Å². The topological polar surface area (TPSA) is 86.3 Å². The Kier molecular flexibility index (Phi) is 5.27. The van der Waals surface area contributed by atoms with Crippen molar-refractivity contribution in [1.82, 2.24) is 20.3 Å². The Balaban J connectivity index is 1.54. The highest BCUT2D eigenvalue weighted by Crippen LogP contribution is 2.18. The third-order valence-electron chi connectivity index (χ3n) is 3.89. The zero-order valence-electron chi connectivity index (χ0n) is 14.5. The molecule has 0 radical (unpaired) electrons. The second kappa shape index (κ2) is 7.78. The van der Waals surface area contributed by atoms with Crippen molar-refractivity contribution in [2.24, 2.45) is 0 Å². The van der Waals surface area contributed by atoms with Gasteiger partial charge in [0.15, 0.2) is 0 Å². The third-order valence-corrected chi connectivity index (χ3v) is 3.89. The van der Waals surface area contributed by atoms with Crippen LogP contribution in [0.1, 0.15) is 13.8 Å². The highest BCUT2D eigenvalue weighted by molar-refractivity contribution is 5.88. The standard InChI is InChI=1S/C17H23N7O/c1-13(2)21-17(25)22-15-5-4-14(12-20-15)23-8-10-24(11-9-23)16-18-6-3-7-19-16/h3-7,12-13H,8-11H2,1-2H3,(H2,20,21,22,25). The molecule has 1 fully saturated rings. The highest BCUT2D eigenvalue weighted by atomic mass is 16.2. The van der Waals surface area contributed by atoms with Gasteiger partial charge in [0.05, 0.1) is 11.9 Å². The average molecular weight is 341 g/mol. The zero-order chi connectivity index (χ0) is 17.6. The second-order valence-corrected chi connectivity index (χ2v) is 6.18. The van der Waals surface area contributed by atoms with Crippen LogP contribution in [-0.4, -0.2) is 53.2 Å². The van der Waals surface area contributed by atoms with E-state index in [0.29, 0.717) is 5.82 Å². The van der Waals surface area contributed by atoms with Gasteiger partial charge in [0.1, 0.15) is 5.82 Å². The van der Waals surface area contributed by atoms with E-state index in [1.54, 1.807) is 18.6 Å². The molecule has 3 heterocycles. The van der Waals surface area contributed by atoms with Crippen LogP contribution >= 0.6 is 0 Å². The second-order valence-electron chi connectivity index (χ2n) is 6.18. The lowest BCUT2D eigenvalue weighted by Gasteiger charge is -2.35. The summed E-state index contributed by atoms with van der Waals surface area (Å²) >= 11 is 0. The number of hydrogen-bond donors (Lipinski definition) is 2. The quantitative estimate of drug-likeness (QED) is 0.881. The van der Waals surface area contributed by atoms with Gasteiger partial charge in [0.2, 0.25) is 5.95 Å². The Hall–Kier alpha value is -2.90. The summed E-state index contributed by atoms with van der Waals surface area (Å²) in [6.07, 6.45) is 5.32. The van der Waals surface area contributed by atoms with Gasteiger partial charge in [0, 0.05) is 44.6 Å². The molecule has 0 spiro atoms. The molecule has 1 saturated heterocycles. The third kappa shape index (κ3) is 4.56. The van der Waals surface area contributed by atoms with E-state index in [9.17, 15) is 4.79 Å². The van der Waals surface area contributed by atoms with E-state index < -0.39 is 0 Å². The van der Waals surface area contributed by atoms with Gasteiger partial charge in [-0.1, -0.05) is 0 Å². The van der Waals surface area contributed by atoms with Crippen LogP contribution in [0, 0.1) is 0 Å². The molecule has 0 unspecified atom stereocenters. The lowest BCUT2D eigenvalue weighted by atomic mass is 10.3. The minimum absolute atomic E-state index is 0.0872. The normalized spacial score (nSPS) is 14.5. The molecule has 1 aliphatic heterocycles. The number of nitrogens with one attached hydrogen (secondary N) is 2. The van der Waals surface area contributed by atoms with E-state index in [-0.39, 0.29) is 12.1 Å². The molecule has 132 valence electrons. The summed E-state index contributed by atoms with van der Waals surface area (Å²) in [5.74, 6) is 1.31. The highest BCUT2D eigenvalue weighted by Gasteiger charge is 2.19. The van der Waals surface area contributed by atoms with Crippen LogP contribution in [-0.2, 0) is 0 Å². The zero-order valence-corrected chi connectivity index (χ0v) is 14.5. The molecule has 2 aromatic rings. The van der Waals surface area contributed by atoms with Gasteiger partial charge < -0.3 is 15.1 Å². The lowest BCUT2D eigenvalue weighted by molar-refractivity contribution is 0.250. The Labute approximate surface area is 147 Å². The molecule has 8 heteroatoms. The van der Waals surface area contributed by atoms with E-state index in [1.807, 2.05) is 32.0 Å². The van der Waals surface area contributed by atoms with Gasteiger partial charge in [-0.05, 0) is 32.0 Å². The Morgan fingerprint density at radius 2 is 1.72 bits per heavy atom. The number of rotatable bonds is 4. The summed E-state index contributed by atoms with van der Waals surface area (Å²) in [7, 11) is 0. The van der Waals surface area contributed by atoms with E-state index in [2.05, 4.69) is 35.4 Å². The number of piperazine rings is 1. The van der Waals surface area contributed by atoms with Crippen molar-refractivity contribution in [3.05, 3.63) is 36.8 Å². The first-order valence-electron chi connectivity index (χ1n) is 8.42.